The van der Waals surface area contributed by atoms with Crippen LogP contribution in [-0.2, 0) is 0 Å². The molecule has 0 radical (unpaired) electrons. The van der Waals surface area contributed by atoms with Crippen LogP contribution in [0.3, 0.4) is 0 Å². The number of aliphatic hydroxyl groups excluding tert-OH is 1. The monoisotopic (exact) mass is 215 g/mol. The van der Waals surface area contributed by atoms with E-state index in [1.54, 1.807) is 43.6 Å². The van der Waals surface area contributed by atoms with Gasteiger partial charge in [-0.3, -0.25) is 4.98 Å². The predicted molar refractivity (Wildman–Crippen MR) is 61.1 cm³/mol. The molecule has 0 aliphatic rings. The lowest BCUT2D eigenvalue weighted by Crippen LogP contribution is -2.00. The van der Waals surface area contributed by atoms with Gasteiger partial charge in [-0.1, -0.05) is 24.3 Å². The van der Waals surface area contributed by atoms with Crippen LogP contribution in [0.2, 0.25) is 0 Å². The van der Waals surface area contributed by atoms with E-state index in [1.165, 1.54) is 0 Å². The zero-order chi connectivity index (χ0) is 11.5. The molecule has 2 rings (SSSR count). The fourth-order valence-electron chi connectivity index (χ4n) is 1.62. The van der Waals surface area contributed by atoms with Crippen LogP contribution in [0.1, 0.15) is 22.8 Å². The summed E-state index contributed by atoms with van der Waals surface area (Å²) in [6.45, 7) is 1.80. The molecule has 3 nitrogen and oxygen atoms in total. The van der Waals surface area contributed by atoms with E-state index >= 15 is 0 Å². The number of pyridine rings is 1. The molecular weight excluding hydrogens is 202 g/mol. The normalized spacial score (nSPS) is 12.4. The van der Waals surface area contributed by atoms with Crippen molar-refractivity contribution in [1.29, 1.82) is 0 Å². The topological polar surface area (TPSA) is 53.4 Å². The minimum absolute atomic E-state index is 0.138. The summed E-state index contributed by atoms with van der Waals surface area (Å²) in [7, 11) is 0. The smallest absolute Gasteiger partial charge is 0.124 e. The number of aromatic nitrogens is 1. The van der Waals surface area contributed by atoms with Gasteiger partial charge in [0.25, 0.3) is 0 Å². The van der Waals surface area contributed by atoms with Crippen molar-refractivity contribution in [3.63, 3.8) is 0 Å². The number of hydrogen-bond acceptors (Lipinski definition) is 3. The molecule has 3 heteroatoms. The highest BCUT2D eigenvalue weighted by molar-refractivity contribution is 5.43. The number of phenols is 1. The van der Waals surface area contributed by atoms with Crippen molar-refractivity contribution in [2.24, 2.45) is 0 Å². The Bertz CT molecular complexity index is 483. The maximum atomic E-state index is 10.1. The Morgan fingerprint density at radius 1 is 1.19 bits per heavy atom. The third-order valence-corrected chi connectivity index (χ3v) is 2.56. The first-order chi connectivity index (χ1) is 7.70. The molecule has 16 heavy (non-hydrogen) atoms. The van der Waals surface area contributed by atoms with Gasteiger partial charge < -0.3 is 10.2 Å². The van der Waals surface area contributed by atoms with Gasteiger partial charge in [0.15, 0.2) is 0 Å². The highest BCUT2D eigenvalue weighted by atomic mass is 16.3. The van der Waals surface area contributed by atoms with E-state index in [0.29, 0.717) is 11.1 Å². The second-order valence-corrected chi connectivity index (χ2v) is 3.70. The lowest BCUT2D eigenvalue weighted by molar-refractivity contribution is 0.215. The van der Waals surface area contributed by atoms with E-state index < -0.39 is 6.10 Å². The Morgan fingerprint density at radius 3 is 2.69 bits per heavy atom. The maximum Gasteiger partial charge on any atom is 0.124 e. The molecule has 1 atom stereocenters. The van der Waals surface area contributed by atoms with Gasteiger partial charge in [0.05, 0.1) is 0 Å². The Kier molecular flexibility index (Phi) is 2.88. The van der Waals surface area contributed by atoms with E-state index in [2.05, 4.69) is 4.98 Å². The number of hydrogen-bond donors (Lipinski definition) is 2. The quantitative estimate of drug-likeness (QED) is 0.807. The number of rotatable bonds is 2. The molecule has 0 saturated carbocycles. The lowest BCUT2D eigenvalue weighted by atomic mass is 10.00. The molecule has 0 amide bonds. The standard InChI is InChI=1S/C13H13NO2/c1-9-4-2-6-11(12(9)15)13(16)10-5-3-7-14-8-10/h2-8,13,15-16H,1H3/t13-/m0/s1. The van der Waals surface area contributed by atoms with Crippen molar-refractivity contribution < 1.29 is 10.2 Å². The SMILES string of the molecule is Cc1cccc([C@@H](O)c2cccnc2)c1O. The fourth-order valence-corrected chi connectivity index (χ4v) is 1.62. The molecule has 0 saturated heterocycles. The summed E-state index contributed by atoms with van der Waals surface area (Å²) < 4.78 is 0. The summed E-state index contributed by atoms with van der Waals surface area (Å²) in [5, 5.41) is 19.9. The number of para-hydroxylation sites is 1. The molecule has 1 aromatic carbocycles. The summed E-state index contributed by atoms with van der Waals surface area (Å²) in [5.41, 5.74) is 1.93. The third-order valence-electron chi connectivity index (χ3n) is 2.56. The molecule has 1 heterocycles. The number of benzene rings is 1. The highest BCUT2D eigenvalue weighted by Gasteiger charge is 2.15. The zero-order valence-electron chi connectivity index (χ0n) is 8.96. The zero-order valence-corrected chi connectivity index (χ0v) is 8.96. The van der Waals surface area contributed by atoms with Crippen LogP contribution < -0.4 is 0 Å². The van der Waals surface area contributed by atoms with Crippen molar-refractivity contribution >= 4 is 0 Å². The molecule has 2 N–H and O–H groups in total. The van der Waals surface area contributed by atoms with Gasteiger partial charge in [0.2, 0.25) is 0 Å². The summed E-state index contributed by atoms with van der Waals surface area (Å²) >= 11 is 0. The fraction of sp³-hybridized carbons (Fsp3) is 0.154. The Balaban J connectivity index is 2.42. The van der Waals surface area contributed by atoms with Gasteiger partial charge >= 0.3 is 0 Å². The van der Waals surface area contributed by atoms with Gasteiger partial charge in [-0.05, 0) is 18.6 Å². The van der Waals surface area contributed by atoms with Crippen molar-refractivity contribution in [3.05, 3.63) is 59.4 Å². The molecule has 0 aliphatic heterocycles. The molecule has 0 unspecified atom stereocenters. The van der Waals surface area contributed by atoms with Gasteiger partial charge in [-0.25, -0.2) is 0 Å². The second kappa shape index (κ2) is 4.33. The van der Waals surface area contributed by atoms with E-state index in [4.69, 9.17) is 0 Å². The number of aryl methyl sites for hydroxylation is 1. The first kappa shape index (κ1) is 10.6. The summed E-state index contributed by atoms with van der Waals surface area (Å²) in [6.07, 6.45) is 2.40. The first-order valence-electron chi connectivity index (χ1n) is 5.06. The van der Waals surface area contributed by atoms with Gasteiger partial charge in [0, 0.05) is 23.5 Å². The average molecular weight is 215 g/mol. The van der Waals surface area contributed by atoms with Crippen molar-refractivity contribution in [2.45, 2.75) is 13.0 Å². The van der Waals surface area contributed by atoms with Gasteiger partial charge in [0.1, 0.15) is 11.9 Å². The number of phenolic OH excluding ortho intramolecular Hbond substituents is 1. The van der Waals surface area contributed by atoms with E-state index in [9.17, 15) is 10.2 Å². The van der Waals surface area contributed by atoms with Crippen LogP contribution in [-0.4, -0.2) is 15.2 Å². The van der Waals surface area contributed by atoms with Crippen molar-refractivity contribution in [3.8, 4) is 5.75 Å². The molecule has 2 aromatic rings. The van der Waals surface area contributed by atoms with E-state index in [1.807, 2.05) is 6.07 Å². The molecule has 1 aromatic heterocycles. The molecule has 0 fully saturated rings. The average Bonchev–Trinajstić information content (AvgIpc) is 2.33. The molecule has 0 aliphatic carbocycles. The summed E-state index contributed by atoms with van der Waals surface area (Å²) in [6, 6.07) is 8.85. The minimum atomic E-state index is -0.839. The van der Waals surface area contributed by atoms with Gasteiger partial charge in [-0.15, -0.1) is 0 Å². The number of aliphatic hydroxyl groups is 1. The van der Waals surface area contributed by atoms with Gasteiger partial charge in [-0.2, -0.15) is 0 Å². The Labute approximate surface area is 94.0 Å². The van der Waals surface area contributed by atoms with Crippen LogP contribution in [0.5, 0.6) is 5.75 Å². The van der Waals surface area contributed by atoms with Crippen LogP contribution in [0.15, 0.2) is 42.7 Å². The summed E-state index contributed by atoms with van der Waals surface area (Å²) in [4.78, 5) is 3.94. The lowest BCUT2D eigenvalue weighted by Gasteiger charge is -2.13. The largest absolute Gasteiger partial charge is 0.507 e. The summed E-state index contributed by atoms with van der Waals surface area (Å²) in [5.74, 6) is 0.138. The molecular formula is C13H13NO2. The van der Waals surface area contributed by atoms with Crippen LogP contribution in [0.4, 0.5) is 0 Å². The van der Waals surface area contributed by atoms with E-state index in [0.717, 1.165) is 5.56 Å². The Hall–Kier alpha value is -1.87. The minimum Gasteiger partial charge on any atom is -0.507 e. The number of aromatic hydroxyl groups is 1. The van der Waals surface area contributed by atoms with Crippen LogP contribution in [0.25, 0.3) is 0 Å². The second-order valence-electron chi connectivity index (χ2n) is 3.70. The predicted octanol–water partition coefficient (Wildman–Crippen LogP) is 2.18. The third kappa shape index (κ3) is 1.90. The maximum absolute atomic E-state index is 10.1. The molecule has 82 valence electrons. The van der Waals surface area contributed by atoms with Crippen LogP contribution in [0, 0.1) is 6.92 Å². The molecule has 0 bridgehead atoms. The van der Waals surface area contributed by atoms with Crippen molar-refractivity contribution in [1.82, 2.24) is 4.98 Å². The first-order valence-corrected chi connectivity index (χ1v) is 5.06. The number of nitrogens with zero attached hydrogens (tertiary/aromatic N) is 1. The van der Waals surface area contributed by atoms with Crippen molar-refractivity contribution in [2.75, 3.05) is 0 Å². The van der Waals surface area contributed by atoms with Crippen LogP contribution >= 0.6 is 0 Å². The molecule has 0 spiro atoms. The Morgan fingerprint density at radius 2 is 2.00 bits per heavy atom. The highest BCUT2D eigenvalue weighted by Crippen LogP contribution is 2.30. The van der Waals surface area contributed by atoms with E-state index in [-0.39, 0.29) is 5.75 Å².